The number of pyridine rings is 1. The van der Waals surface area contributed by atoms with E-state index in [9.17, 15) is 4.79 Å². The summed E-state index contributed by atoms with van der Waals surface area (Å²) in [6.07, 6.45) is 0. The van der Waals surface area contributed by atoms with E-state index in [4.69, 9.17) is 17.3 Å². The largest absolute Gasteiger partial charge is 0.384 e. The third-order valence-electron chi connectivity index (χ3n) is 2.39. The van der Waals surface area contributed by atoms with Gasteiger partial charge in [-0.15, -0.1) is 11.3 Å². The number of thiophene rings is 1. The number of carbonyl (C=O) groups is 1. The zero-order valence-electron chi connectivity index (χ0n) is 9.68. The highest BCUT2D eigenvalue weighted by atomic mass is 35.5. The lowest BCUT2D eigenvalue weighted by atomic mass is 10.2. The summed E-state index contributed by atoms with van der Waals surface area (Å²) in [6, 6.07) is 6.87. The summed E-state index contributed by atoms with van der Waals surface area (Å²) >= 11 is 7.36. The van der Waals surface area contributed by atoms with Crippen LogP contribution in [0.15, 0.2) is 29.6 Å². The molecule has 2 rings (SSSR count). The Morgan fingerprint density at radius 2 is 2.33 bits per heavy atom. The van der Waals surface area contributed by atoms with Crippen molar-refractivity contribution in [1.82, 2.24) is 10.3 Å². The van der Waals surface area contributed by atoms with E-state index in [0.29, 0.717) is 5.56 Å². The molecule has 1 atom stereocenters. The van der Waals surface area contributed by atoms with Crippen LogP contribution in [0.3, 0.4) is 0 Å². The highest BCUT2D eigenvalue weighted by Crippen LogP contribution is 2.19. The van der Waals surface area contributed by atoms with E-state index >= 15 is 0 Å². The van der Waals surface area contributed by atoms with E-state index in [0.717, 1.165) is 4.88 Å². The van der Waals surface area contributed by atoms with E-state index in [1.807, 2.05) is 24.4 Å². The summed E-state index contributed by atoms with van der Waals surface area (Å²) in [4.78, 5) is 16.9. The van der Waals surface area contributed by atoms with Crippen molar-refractivity contribution in [2.75, 3.05) is 5.73 Å². The number of nitrogens with zero attached hydrogens (tertiary/aromatic N) is 1. The second-order valence-corrected chi connectivity index (χ2v) is 5.18. The Morgan fingerprint density at radius 3 is 2.94 bits per heavy atom. The maximum absolute atomic E-state index is 12.0. The minimum atomic E-state index is -0.216. The number of nitrogens with two attached hydrogens (primary N) is 1. The highest BCUT2D eigenvalue weighted by Gasteiger charge is 2.13. The molecular formula is C12H12ClN3OS. The molecule has 2 heterocycles. The molecule has 3 N–H and O–H groups in total. The first kappa shape index (κ1) is 12.9. The summed E-state index contributed by atoms with van der Waals surface area (Å²) in [7, 11) is 0. The number of hydrogen-bond donors (Lipinski definition) is 2. The molecule has 0 spiro atoms. The van der Waals surface area contributed by atoms with Crippen molar-refractivity contribution in [3.8, 4) is 0 Å². The first-order valence-electron chi connectivity index (χ1n) is 5.33. The molecule has 0 fully saturated rings. The average Bonchev–Trinajstić information content (AvgIpc) is 2.80. The Morgan fingerprint density at radius 1 is 1.56 bits per heavy atom. The molecule has 1 unspecified atom stereocenters. The molecule has 18 heavy (non-hydrogen) atoms. The molecule has 2 aromatic heterocycles. The number of rotatable bonds is 3. The standard InChI is InChI=1S/C12H12ClN3OS/c1-7(9-3-2-4-18-9)15-12(17)8-5-10(13)16-11(14)6-8/h2-7H,1H3,(H2,14,16)(H,15,17). The monoisotopic (exact) mass is 281 g/mol. The Kier molecular flexibility index (Phi) is 3.84. The Labute approximate surface area is 114 Å². The van der Waals surface area contributed by atoms with Gasteiger partial charge >= 0.3 is 0 Å². The third-order valence-corrected chi connectivity index (χ3v) is 3.64. The van der Waals surface area contributed by atoms with Gasteiger partial charge in [-0.2, -0.15) is 0 Å². The predicted octanol–water partition coefficient (Wildman–Crippen LogP) is 2.87. The number of halogens is 1. The smallest absolute Gasteiger partial charge is 0.252 e. The SMILES string of the molecule is CC(NC(=O)c1cc(N)nc(Cl)c1)c1cccs1. The number of nitrogens with one attached hydrogen (secondary N) is 1. The molecule has 0 radical (unpaired) electrons. The summed E-state index contributed by atoms with van der Waals surface area (Å²) in [5, 5.41) is 5.07. The van der Waals surface area contributed by atoms with Crippen LogP contribution < -0.4 is 11.1 Å². The number of aromatic nitrogens is 1. The van der Waals surface area contributed by atoms with Gasteiger partial charge in [0.1, 0.15) is 11.0 Å². The molecule has 1 amide bonds. The van der Waals surface area contributed by atoms with Gasteiger partial charge in [0.15, 0.2) is 0 Å². The number of nitrogen functional groups attached to an aromatic ring is 1. The zero-order valence-corrected chi connectivity index (χ0v) is 11.3. The van der Waals surface area contributed by atoms with Gasteiger partial charge < -0.3 is 11.1 Å². The maximum atomic E-state index is 12.0. The average molecular weight is 282 g/mol. The number of carbonyl (C=O) groups excluding carboxylic acids is 1. The minimum Gasteiger partial charge on any atom is -0.384 e. The van der Waals surface area contributed by atoms with Gasteiger partial charge in [-0.3, -0.25) is 4.79 Å². The normalized spacial score (nSPS) is 12.1. The van der Waals surface area contributed by atoms with Gasteiger partial charge in [0.25, 0.3) is 5.91 Å². The van der Waals surface area contributed by atoms with Crippen LogP contribution in [-0.2, 0) is 0 Å². The van der Waals surface area contributed by atoms with Crippen molar-refractivity contribution in [2.24, 2.45) is 0 Å². The summed E-state index contributed by atoms with van der Waals surface area (Å²) in [5.74, 6) is 0.0170. The van der Waals surface area contributed by atoms with Crippen molar-refractivity contribution >= 4 is 34.7 Å². The van der Waals surface area contributed by atoms with Gasteiger partial charge in [-0.05, 0) is 30.5 Å². The summed E-state index contributed by atoms with van der Waals surface area (Å²) in [5.41, 5.74) is 5.96. The fourth-order valence-corrected chi connectivity index (χ4v) is 2.49. The third kappa shape index (κ3) is 3.00. The summed E-state index contributed by atoms with van der Waals surface area (Å²) in [6.45, 7) is 1.93. The maximum Gasteiger partial charge on any atom is 0.252 e. The van der Waals surface area contributed by atoms with Crippen molar-refractivity contribution in [1.29, 1.82) is 0 Å². The van der Waals surface area contributed by atoms with Crippen molar-refractivity contribution in [3.63, 3.8) is 0 Å². The fourth-order valence-electron chi connectivity index (χ4n) is 1.54. The summed E-state index contributed by atoms with van der Waals surface area (Å²) < 4.78 is 0. The lowest BCUT2D eigenvalue weighted by Crippen LogP contribution is -2.26. The zero-order chi connectivity index (χ0) is 13.1. The van der Waals surface area contributed by atoms with Crippen LogP contribution in [0, 0.1) is 0 Å². The number of anilines is 1. The van der Waals surface area contributed by atoms with E-state index in [1.165, 1.54) is 12.1 Å². The second kappa shape index (κ2) is 5.37. The molecule has 2 aromatic rings. The molecular weight excluding hydrogens is 270 g/mol. The van der Waals surface area contributed by atoms with Crippen LogP contribution in [-0.4, -0.2) is 10.9 Å². The van der Waals surface area contributed by atoms with Gasteiger partial charge in [0.05, 0.1) is 6.04 Å². The van der Waals surface area contributed by atoms with E-state index < -0.39 is 0 Å². The quantitative estimate of drug-likeness (QED) is 0.850. The molecule has 0 aromatic carbocycles. The van der Waals surface area contributed by atoms with Crippen LogP contribution in [0.1, 0.15) is 28.2 Å². The fraction of sp³-hybridized carbons (Fsp3) is 0.167. The molecule has 94 valence electrons. The molecule has 0 aliphatic carbocycles. The van der Waals surface area contributed by atoms with Gasteiger partial charge in [-0.25, -0.2) is 4.98 Å². The number of amides is 1. The van der Waals surface area contributed by atoms with E-state index in [2.05, 4.69) is 10.3 Å². The van der Waals surface area contributed by atoms with Crippen molar-refractivity contribution in [3.05, 3.63) is 45.2 Å². The lowest BCUT2D eigenvalue weighted by Gasteiger charge is -2.12. The Balaban J connectivity index is 2.12. The van der Waals surface area contributed by atoms with Crippen LogP contribution in [0.5, 0.6) is 0 Å². The van der Waals surface area contributed by atoms with E-state index in [-0.39, 0.29) is 22.9 Å². The molecule has 0 saturated heterocycles. The van der Waals surface area contributed by atoms with Crippen LogP contribution >= 0.6 is 22.9 Å². The topological polar surface area (TPSA) is 68.0 Å². The minimum absolute atomic E-state index is 0.0503. The molecule has 0 bridgehead atoms. The molecule has 0 saturated carbocycles. The Hall–Kier alpha value is -1.59. The van der Waals surface area contributed by atoms with Gasteiger partial charge in [0.2, 0.25) is 0 Å². The Bertz CT molecular complexity index is 536. The van der Waals surface area contributed by atoms with Gasteiger partial charge in [0, 0.05) is 10.4 Å². The highest BCUT2D eigenvalue weighted by molar-refractivity contribution is 7.10. The first-order chi connectivity index (χ1) is 8.56. The number of hydrogen-bond acceptors (Lipinski definition) is 4. The molecule has 0 aliphatic heterocycles. The predicted molar refractivity (Wildman–Crippen MR) is 73.9 cm³/mol. The molecule has 4 nitrogen and oxygen atoms in total. The van der Waals surface area contributed by atoms with E-state index in [1.54, 1.807) is 11.3 Å². The van der Waals surface area contributed by atoms with Crippen LogP contribution in [0.2, 0.25) is 5.15 Å². The second-order valence-electron chi connectivity index (χ2n) is 3.81. The van der Waals surface area contributed by atoms with Gasteiger partial charge in [-0.1, -0.05) is 17.7 Å². The van der Waals surface area contributed by atoms with Crippen LogP contribution in [0.4, 0.5) is 5.82 Å². The molecule has 0 aliphatic rings. The lowest BCUT2D eigenvalue weighted by molar-refractivity contribution is 0.0940. The first-order valence-corrected chi connectivity index (χ1v) is 6.59. The van der Waals surface area contributed by atoms with Crippen LogP contribution in [0.25, 0.3) is 0 Å². The van der Waals surface area contributed by atoms with Crippen molar-refractivity contribution in [2.45, 2.75) is 13.0 Å². The van der Waals surface area contributed by atoms with Crippen molar-refractivity contribution < 1.29 is 4.79 Å². The molecule has 6 heteroatoms.